The van der Waals surface area contributed by atoms with Gasteiger partial charge in [0.2, 0.25) is 10.0 Å². The Kier molecular flexibility index (Phi) is 6.63. The van der Waals surface area contributed by atoms with Gasteiger partial charge in [-0.2, -0.15) is 0 Å². The number of anilines is 2. The Labute approximate surface area is 147 Å². The van der Waals surface area contributed by atoms with E-state index in [1.807, 2.05) is 6.92 Å². The van der Waals surface area contributed by atoms with E-state index < -0.39 is 22.0 Å². The summed E-state index contributed by atoms with van der Waals surface area (Å²) in [5, 5.41) is 12.5. The van der Waals surface area contributed by atoms with Crippen LogP contribution in [-0.2, 0) is 24.3 Å². The van der Waals surface area contributed by atoms with Crippen molar-refractivity contribution >= 4 is 27.3 Å². The standard InChI is InChI=1S/C16H24N2O6S/c1-3-23-8-9-24-12(2)16(20)17-14-11-13(5-6-15(14)19)18-7-4-10-25(18,21)22/h5-6,11-12,19H,3-4,7-10H2,1-2H3,(H,17,20). The van der Waals surface area contributed by atoms with Crippen LogP contribution < -0.4 is 9.62 Å². The maximum Gasteiger partial charge on any atom is 0.253 e. The Hall–Kier alpha value is -1.84. The molecule has 1 fully saturated rings. The molecule has 2 rings (SSSR count). The summed E-state index contributed by atoms with van der Waals surface area (Å²) in [4.78, 5) is 12.2. The molecular formula is C16H24N2O6S. The van der Waals surface area contributed by atoms with Gasteiger partial charge in [0.1, 0.15) is 11.9 Å². The number of nitrogens with zero attached hydrogens (tertiary/aromatic N) is 1. The first-order chi connectivity index (χ1) is 11.8. The average Bonchev–Trinajstić information content (AvgIpc) is 2.92. The summed E-state index contributed by atoms with van der Waals surface area (Å²) in [6.45, 7) is 5.09. The van der Waals surface area contributed by atoms with Crippen molar-refractivity contribution in [3.8, 4) is 5.75 Å². The van der Waals surface area contributed by atoms with Crippen LogP contribution >= 0.6 is 0 Å². The summed E-state index contributed by atoms with van der Waals surface area (Å²) < 4.78 is 35.8. The van der Waals surface area contributed by atoms with Gasteiger partial charge in [0.15, 0.2) is 0 Å². The molecule has 1 aromatic carbocycles. The first-order valence-electron chi connectivity index (χ1n) is 8.19. The average molecular weight is 372 g/mol. The molecule has 1 amide bonds. The minimum absolute atomic E-state index is 0.0975. The van der Waals surface area contributed by atoms with Crippen molar-refractivity contribution in [3.05, 3.63) is 18.2 Å². The van der Waals surface area contributed by atoms with Gasteiger partial charge >= 0.3 is 0 Å². The minimum atomic E-state index is -3.33. The molecule has 140 valence electrons. The Morgan fingerprint density at radius 2 is 2.16 bits per heavy atom. The lowest BCUT2D eigenvalue weighted by atomic mass is 10.2. The Balaban J connectivity index is 2.04. The van der Waals surface area contributed by atoms with Crippen molar-refractivity contribution in [2.45, 2.75) is 26.4 Å². The SMILES string of the molecule is CCOCCOC(C)C(=O)Nc1cc(N2CCCS2(=O)=O)ccc1O. The number of aromatic hydroxyl groups is 1. The number of phenols is 1. The molecule has 0 spiro atoms. The van der Waals surface area contributed by atoms with Crippen LogP contribution in [0.1, 0.15) is 20.3 Å². The Morgan fingerprint density at radius 3 is 2.80 bits per heavy atom. The number of hydrogen-bond acceptors (Lipinski definition) is 6. The fraction of sp³-hybridized carbons (Fsp3) is 0.562. The van der Waals surface area contributed by atoms with E-state index in [1.54, 1.807) is 6.92 Å². The van der Waals surface area contributed by atoms with E-state index in [0.717, 1.165) is 0 Å². The summed E-state index contributed by atoms with van der Waals surface area (Å²) in [6.07, 6.45) is -0.186. The van der Waals surface area contributed by atoms with E-state index in [1.165, 1.54) is 22.5 Å². The molecule has 25 heavy (non-hydrogen) atoms. The number of carbonyl (C=O) groups excluding carboxylic acids is 1. The number of rotatable bonds is 8. The lowest BCUT2D eigenvalue weighted by Crippen LogP contribution is -2.29. The van der Waals surface area contributed by atoms with Crippen LogP contribution in [0.5, 0.6) is 5.75 Å². The highest BCUT2D eigenvalue weighted by Gasteiger charge is 2.29. The van der Waals surface area contributed by atoms with E-state index in [-0.39, 0.29) is 23.8 Å². The van der Waals surface area contributed by atoms with Crippen molar-refractivity contribution < 1.29 is 27.8 Å². The maximum absolute atomic E-state index is 12.2. The van der Waals surface area contributed by atoms with Crippen LogP contribution in [0.25, 0.3) is 0 Å². The molecule has 0 aliphatic carbocycles. The van der Waals surface area contributed by atoms with Crippen molar-refractivity contribution in [3.63, 3.8) is 0 Å². The van der Waals surface area contributed by atoms with Gasteiger partial charge in [0, 0.05) is 13.2 Å². The molecular weight excluding hydrogens is 348 g/mol. The number of sulfonamides is 1. The number of carbonyl (C=O) groups is 1. The third kappa shape index (κ3) is 5.07. The van der Waals surface area contributed by atoms with Gasteiger partial charge in [-0.05, 0) is 38.5 Å². The monoisotopic (exact) mass is 372 g/mol. The number of ether oxygens (including phenoxy) is 2. The zero-order valence-electron chi connectivity index (χ0n) is 14.4. The number of nitrogens with one attached hydrogen (secondary N) is 1. The van der Waals surface area contributed by atoms with Crippen molar-refractivity contribution in [2.75, 3.05) is 41.7 Å². The zero-order chi connectivity index (χ0) is 18.4. The third-order valence-corrected chi connectivity index (χ3v) is 5.66. The number of phenolic OH excluding ortho intramolecular Hbond substituents is 1. The molecule has 0 aromatic heterocycles. The lowest BCUT2D eigenvalue weighted by molar-refractivity contribution is -0.127. The highest BCUT2D eigenvalue weighted by atomic mass is 32.2. The van der Waals surface area contributed by atoms with Crippen LogP contribution in [0, 0.1) is 0 Å². The molecule has 1 heterocycles. The predicted octanol–water partition coefficient (Wildman–Crippen LogP) is 1.31. The Bertz CT molecular complexity index is 707. The first kappa shape index (κ1) is 19.5. The Morgan fingerprint density at radius 1 is 1.40 bits per heavy atom. The molecule has 1 aromatic rings. The number of hydrogen-bond donors (Lipinski definition) is 2. The van der Waals surface area contributed by atoms with Gasteiger partial charge in [-0.25, -0.2) is 8.42 Å². The van der Waals surface area contributed by atoms with Crippen molar-refractivity contribution in [1.29, 1.82) is 0 Å². The fourth-order valence-electron chi connectivity index (χ4n) is 2.45. The van der Waals surface area contributed by atoms with Crippen molar-refractivity contribution in [2.24, 2.45) is 0 Å². The molecule has 1 unspecified atom stereocenters. The van der Waals surface area contributed by atoms with Crippen LogP contribution in [-0.4, -0.2) is 57.7 Å². The minimum Gasteiger partial charge on any atom is -0.506 e. The van der Waals surface area contributed by atoms with Gasteiger partial charge in [-0.15, -0.1) is 0 Å². The quantitative estimate of drug-likeness (QED) is 0.527. The highest BCUT2D eigenvalue weighted by Crippen LogP contribution is 2.32. The number of amides is 1. The second-order valence-corrected chi connectivity index (χ2v) is 7.66. The molecule has 1 atom stereocenters. The highest BCUT2D eigenvalue weighted by molar-refractivity contribution is 7.93. The maximum atomic E-state index is 12.2. The van der Waals surface area contributed by atoms with Crippen molar-refractivity contribution in [1.82, 2.24) is 0 Å². The summed E-state index contributed by atoms with van der Waals surface area (Å²) in [7, 11) is -3.33. The molecule has 0 bridgehead atoms. The smallest absolute Gasteiger partial charge is 0.253 e. The summed E-state index contributed by atoms with van der Waals surface area (Å²) in [6, 6.07) is 4.32. The van der Waals surface area contributed by atoms with Crippen LogP contribution in [0.15, 0.2) is 18.2 Å². The second kappa shape index (κ2) is 8.50. The largest absolute Gasteiger partial charge is 0.506 e. The molecule has 0 saturated carbocycles. The molecule has 9 heteroatoms. The van der Waals surface area contributed by atoms with Crippen LogP contribution in [0.2, 0.25) is 0 Å². The molecule has 8 nitrogen and oxygen atoms in total. The fourth-order valence-corrected chi connectivity index (χ4v) is 4.00. The van der Waals surface area contributed by atoms with E-state index in [2.05, 4.69) is 5.32 Å². The zero-order valence-corrected chi connectivity index (χ0v) is 15.2. The third-order valence-electron chi connectivity index (χ3n) is 3.79. The molecule has 1 aliphatic heterocycles. The van der Waals surface area contributed by atoms with Gasteiger partial charge in [0.25, 0.3) is 5.91 Å². The van der Waals surface area contributed by atoms with Gasteiger partial charge in [-0.1, -0.05) is 0 Å². The molecule has 0 radical (unpaired) electrons. The van der Waals surface area contributed by atoms with E-state index in [0.29, 0.717) is 31.9 Å². The van der Waals surface area contributed by atoms with Gasteiger partial charge in [-0.3, -0.25) is 9.10 Å². The summed E-state index contributed by atoms with van der Waals surface area (Å²) >= 11 is 0. The topological polar surface area (TPSA) is 105 Å². The number of benzene rings is 1. The van der Waals surface area contributed by atoms with Crippen LogP contribution in [0.3, 0.4) is 0 Å². The van der Waals surface area contributed by atoms with E-state index in [4.69, 9.17) is 9.47 Å². The molecule has 2 N–H and O–H groups in total. The summed E-state index contributed by atoms with van der Waals surface area (Å²) in [5.74, 6) is -0.483. The van der Waals surface area contributed by atoms with Gasteiger partial charge in [0.05, 0.1) is 30.3 Å². The molecule has 1 aliphatic rings. The van der Waals surface area contributed by atoms with Crippen LogP contribution in [0.4, 0.5) is 11.4 Å². The molecule has 1 saturated heterocycles. The van der Waals surface area contributed by atoms with E-state index >= 15 is 0 Å². The normalized spacial score (nSPS) is 17.4. The van der Waals surface area contributed by atoms with E-state index in [9.17, 15) is 18.3 Å². The predicted molar refractivity (Wildman–Crippen MR) is 94.4 cm³/mol. The second-order valence-electron chi connectivity index (χ2n) is 5.64. The summed E-state index contributed by atoms with van der Waals surface area (Å²) in [5.41, 5.74) is 0.556. The van der Waals surface area contributed by atoms with Gasteiger partial charge < -0.3 is 19.9 Å². The first-order valence-corrected chi connectivity index (χ1v) is 9.79. The lowest BCUT2D eigenvalue weighted by Gasteiger charge is -2.19.